The van der Waals surface area contributed by atoms with Gasteiger partial charge in [0.25, 0.3) is 0 Å². The van der Waals surface area contributed by atoms with E-state index in [0.717, 1.165) is 5.92 Å². The topological polar surface area (TPSA) is 15.3 Å². The Morgan fingerprint density at radius 2 is 1.93 bits per heavy atom. The summed E-state index contributed by atoms with van der Waals surface area (Å²) in [4.78, 5) is 2.51. The predicted octanol–water partition coefficient (Wildman–Crippen LogP) is 2.50. The average molecular weight is 212 g/mol. The number of rotatable bonds is 6. The third-order valence-corrected chi connectivity index (χ3v) is 3.73. The van der Waals surface area contributed by atoms with Crippen LogP contribution in [0.2, 0.25) is 0 Å². The number of hydrogen-bond donors (Lipinski definition) is 1. The van der Waals surface area contributed by atoms with Crippen molar-refractivity contribution < 1.29 is 0 Å². The lowest BCUT2D eigenvalue weighted by molar-refractivity contribution is 0.216. The monoisotopic (exact) mass is 212 g/mol. The molecule has 1 atom stereocenters. The highest BCUT2D eigenvalue weighted by Crippen LogP contribution is 2.24. The normalized spacial score (nSPS) is 20.8. The van der Waals surface area contributed by atoms with Crippen LogP contribution in [0.4, 0.5) is 0 Å². The van der Waals surface area contributed by atoms with Gasteiger partial charge in [-0.1, -0.05) is 26.2 Å². The zero-order valence-corrected chi connectivity index (χ0v) is 10.8. The first kappa shape index (κ1) is 13.0. The lowest BCUT2D eigenvalue weighted by Crippen LogP contribution is -2.39. The molecule has 0 aliphatic heterocycles. The van der Waals surface area contributed by atoms with Gasteiger partial charge in [-0.15, -0.1) is 0 Å². The van der Waals surface area contributed by atoms with Gasteiger partial charge < -0.3 is 10.2 Å². The van der Waals surface area contributed by atoms with Gasteiger partial charge in [-0.3, -0.25) is 0 Å². The van der Waals surface area contributed by atoms with Gasteiger partial charge in [0, 0.05) is 19.1 Å². The molecular weight excluding hydrogens is 184 g/mol. The fourth-order valence-electron chi connectivity index (χ4n) is 2.69. The fraction of sp³-hybridized carbons (Fsp3) is 1.00. The standard InChI is InChI=1S/C13H28N2/c1-4-13(14-2)11-15(3)10-12-8-6-5-7-9-12/h12-14H,4-11H2,1-3H3. The molecule has 0 saturated heterocycles. The minimum Gasteiger partial charge on any atom is -0.316 e. The molecule has 2 heteroatoms. The smallest absolute Gasteiger partial charge is 0.0189 e. The minimum atomic E-state index is 0.665. The molecular formula is C13H28N2. The van der Waals surface area contributed by atoms with Crippen LogP contribution < -0.4 is 5.32 Å². The molecule has 90 valence electrons. The summed E-state index contributed by atoms with van der Waals surface area (Å²) < 4.78 is 0. The summed E-state index contributed by atoms with van der Waals surface area (Å²) in [5, 5.41) is 3.38. The Balaban J connectivity index is 2.18. The van der Waals surface area contributed by atoms with Crippen molar-refractivity contribution in [3.05, 3.63) is 0 Å². The van der Waals surface area contributed by atoms with E-state index in [9.17, 15) is 0 Å². The summed E-state index contributed by atoms with van der Waals surface area (Å²) in [5.74, 6) is 0.970. The van der Waals surface area contributed by atoms with Crippen LogP contribution in [-0.4, -0.2) is 38.1 Å². The highest BCUT2D eigenvalue weighted by atomic mass is 15.1. The first-order chi connectivity index (χ1) is 7.26. The molecule has 1 aliphatic carbocycles. The van der Waals surface area contributed by atoms with Crippen LogP contribution in [0.3, 0.4) is 0 Å². The maximum Gasteiger partial charge on any atom is 0.0189 e. The molecule has 0 aromatic carbocycles. The number of hydrogen-bond acceptors (Lipinski definition) is 2. The maximum absolute atomic E-state index is 3.38. The Bertz CT molecular complexity index is 149. The van der Waals surface area contributed by atoms with Gasteiger partial charge in [-0.05, 0) is 39.3 Å². The second kappa shape index (κ2) is 7.24. The molecule has 0 radical (unpaired) electrons. The molecule has 1 unspecified atom stereocenters. The van der Waals surface area contributed by atoms with Crippen molar-refractivity contribution >= 4 is 0 Å². The molecule has 0 aromatic rings. The van der Waals surface area contributed by atoms with Crippen LogP contribution in [0.25, 0.3) is 0 Å². The van der Waals surface area contributed by atoms with Crippen molar-refractivity contribution in [2.45, 2.75) is 51.5 Å². The van der Waals surface area contributed by atoms with E-state index in [1.807, 2.05) is 0 Å². The van der Waals surface area contributed by atoms with E-state index in [-0.39, 0.29) is 0 Å². The van der Waals surface area contributed by atoms with Crippen molar-refractivity contribution in [1.29, 1.82) is 0 Å². The molecule has 0 bridgehead atoms. The van der Waals surface area contributed by atoms with E-state index >= 15 is 0 Å². The molecule has 1 aliphatic rings. The number of likely N-dealkylation sites (N-methyl/N-ethyl adjacent to an activating group) is 2. The van der Waals surface area contributed by atoms with Gasteiger partial charge in [0.05, 0.1) is 0 Å². The summed E-state index contributed by atoms with van der Waals surface area (Å²) in [5.41, 5.74) is 0. The summed E-state index contributed by atoms with van der Waals surface area (Å²) in [6, 6.07) is 0.665. The average Bonchev–Trinajstić information content (AvgIpc) is 2.27. The Labute approximate surface area is 95.4 Å². The van der Waals surface area contributed by atoms with Crippen LogP contribution in [0, 0.1) is 5.92 Å². The molecule has 2 nitrogen and oxygen atoms in total. The molecule has 1 rings (SSSR count). The third kappa shape index (κ3) is 4.98. The lowest BCUT2D eigenvalue weighted by atomic mass is 9.89. The van der Waals surface area contributed by atoms with Crippen molar-refractivity contribution in [3.8, 4) is 0 Å². The number of nitrogens with zero attached hydrogens (tertiary/aromatic N) is 1. The third-order valence-electron chi connectivity index (χ3n) is 3.73. The van der Waals surface area contributed by atoms with Crippen LogP contribution in [-0.2, 0) is 0 Å². The van der Waals surface area contributed by atoms with Gasteiger partial charge >= 0.3 is 0 Å². The van der Waals surface area contributed by atoms with Gasteiger partial charge in [-0.2, -0.15) is 0 Å². The van der Waals surface area contributed by atoms with Gasteiger partial charge in [0.2, 0.25) is 0 Å². The van der Waals surface area contributed by atoms with Crippen molar-refractivity contribution in [3.63, 3.8) is 0 Å². The molecule has 1 N–H and O–H groups in total. The van der Waals surface area contributed by atoms with Crippen molar-refractivity contribution in [1.82, 2.24) is 10.2 Å². The SMILES string of the molecule is CCC(CN(C)CC1CCCCC1)NC. The van der Waals surface area contributed by atoms with E-state index in [1.165, 1.54) is 51.6 Å². The maximum atomic E-state index is 3.38. The molecule has 0 heterocycles. The first-order valence-corrected chi connectivity index (χ1v) is 6.62. The fourth-order valence-corrected chi connectivity index (χ4v) is 2.69. The highest BCUT2D eigenvalue weighted by molar-refractivity contribution is 4.72. The summed E-state index contributed by atoms with van der Waals surface area (Å²) in [7, 11) is 4.34. The van der Waals surface area contributed by atoms with Crippen LogP contribution in [0.5, 0.6) is 0 Å². The lowest BCUT2D eigenvalue weighted by Gasteiger charge is -2.29. The zero-order chi connectivity index (χ0) is 11.1. The highest BCUT2D eigenvalue weighted by Gasteiger charge is 2.16. The molecule has 0 spiro atoms. The zero-order valence-electron chi connectivity index (χ0n) is 10.8. The molecule has 0 aromatic heterocycles. The Kier molecular flexibility index (Phi) is 6.26. The Hall–Kier alpha value is -0.0800. The van der Waals surface area contributed by atoms with Crippen LogP contribution in [0.15, 0.2) is 0 Å². The minimum absolute atomic E-state index is 0.665. The first-order valence-electron chi connectivity index (χ1n) is 6.62. The van der Waals surface area contributed by atoms with Crippen LogP contribution >= 0.6 is 0 Å². The summed E-state index contributed by atoms with van der Waals surface area (Å²) >= 11 is 0. The van der Waals surface area contributed by atoms with E-state index in [1.54, 1.807) is 0 Å². The second-order valence-electron chi connectivity index (χ2n) is 5.12. The molecule has 15 heavy (non-hydrogen) atoms. The quantitative estimate of drug-likeness (QED) is 0.728. The Morgan fingerprint density at radius 3 is 2.47 bits per heavy atom. The number of nitrogens with one attached hydrogen (secondary N) is 1. The van der Waals surface area contributed by atoms with Gasteiger partial charge in [-0.25, -0.2) is 0 Å². The molecule has 0 amide bonds. The van der Waals surface area contributed by atoms with E-state index < -0.39 is 0 Å². The second-order valence-corrected chi connectivity index (χ2v) is 5.12. The van der Waals surface area contributed by atoms with E-state index in [0.29, 0.717) is 6.04 Å². The predicted molar refractivity (Wildman–Crippen MR) is 67.2 cm³/mol. The van der Waals surface area contributed by atoms with Gasteiger partial charge in [0.15, 0.2) is 0 Å². The van der Waals surface area contributed by atoms with E-state index in [2.05, 4.69) is 31.2 Å². The summed E-state index contributed by atoms with van der Waals surface area (Å²) in [6.45, 7) is 4.76. The van der Waals surface area contributed by atoms with Crippen LogP contribution in [0.1, 0.15) is 45.4 Å². The Morgan fingerprint density at radius 1 is 1.27 bits per heavy atom. The van der Waals surface area contributed by atoms with Crippen molar-refractivity contribution in [2.75, 3.05) is 27.2 Å². The largest absolute Gasteiger partial charge is 0.316 e. The molecule has 1 saturated carbocycles. The van der Waals surface area contributed by atoms with E-state index in [4.69, 9.17) is 0 Å². The molecule has 1 fully saturated rings. The summed E-state index contributed by atoms with van der Waals surface area (Å²) in [6.07, 6.45) is 8.53. The van der Waals surface area contributed by atoms with Gasteiger partial charge in [0.1, 0.15) is 0 Å². The van der Waals surface area contributed by atoms with Crippen molar-refractivity contribution in [2.24, 2.45) is 5.92 Å².